The Bertz CT molecular complexity index is 278. The van der Waals surface area contributed by atoms with Crippen molar-refractivity contribution in [1.82, 2.24) is 14.9 Å². The van der Waals surface area contributed by atoms with E-state index in [4.69, 9.17) is 22.8 Å². The average Bonchev–Trinajstić information content (AvgIpc) is 2.31. The van der Waals surface area contributed by atoms with Crippen molar-refractivity contribution in [2.75, 3.05) is 12.4 Å². The molecule has 1 rings (SSSR count). The molecule has 0 aliphatic heterocycles. The standard InChI is InChI=1S/C5H10N4OS/c1-2-10-3-4-7-8-5(11)9(4)6/h2-3,6H2,1H3,(H,8,11). The molecule has 0 radical (unpaired) electrons. The molecule has 0 aliphatic rings. The minimum atomic E-state index is 0.389. The molecule has 11 heavy (non-hydrogen) atoms. The fourth-order valence-corrected chi connectivity index (χ4v) is 0.783. The quantitative estimate of drug-likeness (QED) is 0.507. The zero-order chi connectivity index (χ0) is 8.27. The van der Waals surface area contributed by atoms with Crippen LogP contribution < -0.4 is 5.84 Å². The van der Waals surface area contributed by atoms with Crippen molar-refractivity contribution >= 4 is 12.2 Å². The second kappa shape index (κ2) is 3.49. The molecule has 0 fully saturated rings. The minimum Gasteiger partial charge on any atom is -0.374 e. The minimum absolute atomic E-state index is 0.389. The van der Waals surface area contributed by atoms with Crippen LogP contribution >= 0.6 is 12.2 Å². The van der Waals surface area contributed by atoms with Gasteiger partial charge >= 0.3 is 0 Å². The van der Waals surface area contributed by atoms with Crippen LogP contribution in [0.2, 0.25) is 0 Å². The second-order valence-electron chi connectivity index (χ2n) is 1.95. The number of nitrogens with two attached hydrogens (primary N) is 1. The van der Waals surface area contributed by atoms with E-state index in [2.05, 4.69) is 10.2 Å². The van der Waals surface area contributed by atoms with Crippen LogP contribution in [0.1, 0.15) is 12.7 Å². The fraction of sp³-hybridized carbons (Fsp3) is 0.600. The van der Waals surface area contributed by atoms with Crippen molar-refractivity contribution in [2.24, 2.45) is 0 Å². The predicted octanol–water partition coefficient (Wildman–Crippen LogP) is 0.191. The summed E-state index contributed by atoms with van der Waals surface area (Å²) in [7, 11) is 0. The normalized spacial score (nSPS) is 10.3. The van der Waals surface area contributed by atoms with E-state index < -0.39 is 0 Å². The van der Waals surface area contributed by atoms with E-state index in [1.54, 1.807) is 0 Å². The number of rotatable bonds is 3. The topological polar surface area (TPSA) is 68.9 Å². The molecule has 5 nitrogen and oxygen atoms in total. The van der Waals surface area contributed by atoms with Crippen LogP contribution in [-0.2, 0) is 11.3 Å². The highest BCUT2D eigenvalue weighted by Gasteiger charge is 2.00. The van der Waals surface area contributed by atoms with Gasteiger partial charge in [-0.25, -0.2) is 4.68 Å². The molecule has 1 heterocycles. The Morgan fingerprint density at radius 3 is 3.00 bits per heavy atom. The lowest BCUT2D eigenvalue weighted by atomic mass is 10.6. The first kappa shape index (κ1) is 8.22. The monoisotopic (exact) mass is 174 g/mol. The Hall–Kier alpha value is -0.880. The summed E-state index contributed by atoms with van der Waals surface area (Å²) in [4.78, 5) is 0. The Balaban J connectivity index is 2.71. The molecule has 0 unspecified atom stereocenters. The van der Waals surface area contributed by atoms with Crippen LogP contribution in [0.5, 0.6) is 0 Å². The summed E-state index contributed by atoms with van der Waals surface area (Å²) in [6.07, 6.45) is 0. The summed E-state index contributed by atoms with van der Waals surface area (Å²) in [5.74, 6) is 6.09. The highest BCUT2D eigenvalue weighted by molar-refractivity contribution is 7.71. The number of hydrogen-bond donors (Lipinski definition) is 2. The third-order valence-electron chi connectivity index (χ3n) is 1.21. The van der Waals surface area contributed by atoms with Crippen LogP contribution in [0.3, 0.4) is 0 Å². The molecule has 62 valence electrons. The molecule has 0 atom stereocenters. The molecule has 0 spiro atoms. The first-order valence-electron chi connectivity index (χ1n) is 3.24. The molecule has 0 saturated heterocycles. The van der Waals surface area contributed by atoms with Crippen LogP contribution in [0.4, 0.5) is 0 Å². The van der Waals surface area contributed by atoms with Crippen LogP contribution in [0, 0.1) is 4.77 Å². The fourth-order valence-electron chi connectivity index (χ4n) is 0.632. The van der Waals surface area contributed by atoms with Gasteiger partial charge in [0.15, 0.2) is 5.82 Å². The Labute approximate surface area is 69.1 Å². The zero-order valence-electron chi connectivity index (χ0n) is 6.20. The van der Waals surface area contributed by atoms with Crippen molar-refractivity contribution in [1.29, 1.82) is 0 Å². The van der Waals surface area contributed by atoms with Crippen molar-refractivity contribution < 1.29 is 4.74 Å². The molecule has 1 aromatic rings. The maximum Gasteiger partial charge on any atom is 0.214 e. The Morgan fingerprint density at radius 1 is 1.82 bits per heavy atom. The van der Waals surface area contributed by atoms with Gasteiger partial charge < -0.3 is 10.6 Å². The van der Waals surface area contributed by atoms with Crippen molar-refractivity contribution in [3.8, 4) is 0 Å². The second-order valence-corrected chi connectivity index (χ2v) is 2.34. The van der Waals surface area contributed by atoms with Crippen molar-refractivity contribution in [3.05, 3.63) is 10.6 Å². The summed E-state index contributed by atoms with van der Waals surface area (Å²) in [5.41, 5.74) is 0. The van der Waals surface area contributed by atoms with Gasteiger partial charge in [-0.1, -0.05) is 0 Å². The number of H-pyrrole nitrogens is 1. The number of nitrogens with one attached hydrogen (secondary N) is 1. The third-order valence-corrected chi connectivity index (χ3v) is 1.50. The van der Waals surface area contributed by atoms with Gasteiger partial charge in [-0.2, -0.15) is 5.10 Å². The summed E-state index contributed by atoms with van der Waals surface area (Å²) >= 11 is 4.79. The lowest BCUT2D eigenvalue weighted by molar-refractivity contribution is 0.126. The smallest absolute Gasteiger partial charge is 0.214 e. The van der Waals surface area contributed by atoms with Crippen LogP contribution in [0.25, 0.3) is 0 Å². The maximum atomic E-state index is 5.48. The lowest BCUT2D eigenvalue weighted by Crippen LogP contribution is -2.13. The van der Waals surface area contributed by atoms with Gasteiger partial charge in [-0.3, -0.25) is 5.10 Å². The highest BCUT2D eigenvalue weighted by atomic mass is 32.1. The van der Waals surface area contributed by atoms with E-state index in [9.17, 15) is 0 Å². The average molecular weight is 174 g/mol. The van der Waals surface area contributed by atoms with Crippen LogP contribution in [-0.4, -0.2) is 21.5 Å². The SMILES string of the molecule is CCOCc1n[nH]c(=S)n1N. The van der Waals surface area contributed by atoms with E-state index in [1.165, 1.54) is 4.68 Å². The summed E-state index contributed by atoms with van der Waals surface area (Å²) in [5, 5.41) is 6.41. The lowest BCUT2D eigenvalue weighted by Gasteiger charge is -1.98. The molecule has 0 amide bonds. The van der Waals surface area contributed by atoms with E-state index in [0.717, 1.165) is 0 Å². The van der Waals surface area contributed by atoms with Gasteiger partial charge in [0.25, 0.3) is 0 Å². The Kier molecular flexibility index (Phi) is 2.61. The van der Waals surface area contributed by atoms with E-state index in [-0.39, 0.29) is 0 Å². The van der Waals surface area contributed by atoms with Gasteiger partial charge in [0.05, 0.1) is 0 Å². The number of hydrogen-bond acceptors (Lipinski definition) is 4. The highest BCUT2D eigenvalue weighted by Crippen LogP contribution is 1.93. The maximum absolute atomic E-state index is 5.48. The third kappa shape index (κ3) is 1.78. The Morgan fingerprint density at radius 2 is 2.55 bits per heavy atom. The number of aromatic amines is 1. The summed E-state index contributed by atoms with van der Waals surface area (Å²) < 4.78 is 6.78. The molecule has 0 bridgehead atoms. The molecule has 0 saturated carbocycles. The molecule has 1 aromatic heterocycles. The van der Waals surface area contributed by atoms with Gasteiger partial charge in [-0.05, 0) is 19.1 Å². The van der Waals surface area contributed by atoms with Gasteiger partial charge in [-0.15, -0.1) is 0 Å². The van der Waals surface area contributed by atoms with Crippen molar-refractivity contribution in [2.45, 2.75) is 13.5 Å². The summed E-state index contributed by atoms with van der Waals surface area (Å²) in [6.45, 7) is 2.93. The number of nitrogen functional groups attached to an aromatic ring is 1. The molecule has 6 heteroatoms. The summed E-state index contributed by atoms with van der Waals surface area (Å²) in [6, 6.07) is 0. The van der Waals surface area contributed by atoms with Gasteiger partial charge in [0.1, 0.15) is 6.61 Å². The molecular formula is C5H10N4OS. The predicted molar refractivity (Wildman–Crippen MR) is 42.9 cm³/mol. The molecule has 0 aliphatic carbocycles. The van der Waals surface area contributed by atoms with Crippen molar-refractivity contribution in [3.63, 3.8) is 0 Å². The van der Waals surface area contributed by atoms with E-state index >= 15 is 0 Å². The van der Waals surface area contributed by atoms with Gasteiger partial charge in [0.2, 0.25) is 4.77 Å². The van der Waals surface area contributed by atoms with Crippen LogP contribution in [0.15, 0.2) is 0 Å². The van der Waals surface area contributed by atoms with E-state index in [1.807, 2.05) is 6.92 Å². The first-order chi connectivity index (χ1) is 5.25. The van der Waals surface area contributed by atoms with Gasteiger partial charge in [0, 0.05) is 6.61 Å². The number of nitrogens with zero attached hydrogens (tertiary/aromatic N) is 2. The largest absolute Gasteiger partial charge is 0.374 e. The number of ether oxygens (including phenoxy) is 1. The zero-order valence-corrected chi connectivity index (χ0v) is 7.02. The molecular weight excluding hydrogens is 164 g/mol. The van der Waals surface area contributed by atoms with E-state index in [0.29, 0.717) is 23.8 Å². The molecule has 3 N–H and O–H groups in total. The number of aromatic nitrogens is 3. The first-order valence-corrected chi connectivity index (χ1v) is 3.65. The molecule has 0 aromatic carbocycles.